The van der Waals surface area contributed by atoms with Crippen molar-refractivity contribution in [2.75, 3.05) is 0 Å². The van der Waals surface area contributed by atoms with E-state index < -0.39 is 0 Å². The fourth-order valence-electron chi connectivity index (χ4n) is 1.13. The van der Waals surface area contributed by atoms with Gasteiger partial charge in [-0.1, -0.05) is 48.5 Å². The van der Waals surface area contributed by atoms with Crippen molar-refractivity contribution in [2.24, 2.45) is 0 Å². The Morgan fingerprint density at radius 1 is 0.941 bits per heavy atom. The van der Waals surface area contributed by atoms with Gasteiger partial charge in [0.15, 0.2) is 0 Å². The number of phenols is 1. The number of carbonyl (C=O) groups is 1. The summed E-state index contributed by atoms with van der Waals surface area (Å²) in [4.78, 5) is 9.76. The van der Waals surface area contributed by atoms with Gasteiger partial charge in [0.2, 0.25) is 0 Å². The SMILES string of the molecule is O=COCc1ccccc1.Oc1ccccc1. The van der Waals surface area contributed by atoms with Gasteiger partial charge in [-0.25, -0.2) is 0 Å². The zero-order chi connectivity index (χ0) is 12.3. The molecule has 88 valence electrons. The predicted molar refractivity (Wildman–Crippen MR) is 65.4 cm³/mol. The molecule has 0 saturated heterocycles. The number of benzene rings is 2. The molecule has 0 radical (unpaired) electrons. The van der Waals surface area contributed by atoms with E-state index in [4.69, 9.17) is 5.11 Å². The maximum absolute atomic E-state index is 9.76. The molecule has 0 bridgehead atoms. The van der Waals surface area contributed by atoms with Crippen LogP contribution >= 0.6 is 0 Å². The second-order valence-electron chi connectivity index (χ2n) is 3.23. The highest BCUT2D eigenvalue weighted by Gasteiger charge is 1.87. The fraction of sp³-hybridized carbons (Fsp3) is 0.0714. The van der Waals surface area contributed by atoms with Crippen LogP contribution in [-0.2, 0) is 16.1 Å². The number of phenolic OH excluding ortho intramolecular Hbond substituents is 1. The average molecular weight is 230 g/mol. The third kappa shape index (κ3) is 5.99. The van der Waals surface area contributed by atoms with Gasteiger partial charge in [-0.2, -0.15) is 0 Å². The average Bonchev–Trinajstić information content (AvgIpc) is 2.39. The third-order valence-corrected chi connectivity index (χ3v) is 1.92. The molecule has 0 fully saturated rings. The number of hydrogen-bond acceptors (Lipinski definition) is 3. The van der Waals surface area contributed by atoms with Crippen LogP contribution in [0.15, 0.2) is 60.7 Å². The second-order valence-corrected chi connectivity index (χ2v) is 3.23. The maximum atomic E-state index is 9.76. The van der Waals surface area contributed by atoms with E-state index in [2.05, 4.69) is 4.74 Å². The summed E-state index contributed by atoms with van der Waals surface area (Å²) < 4.78 is 4.54. The summed E-state index contributed by atoms with van der Waals surface area (Å²) in [6.07, 6.45) is 0. The van der Waals surface area contributed by atoms with Crippen LogP contribution in [0.3, 0.4) is 0 Å². The van der Waals surface area contributed by atoms with Crippen LogP contribution in [0, 0.1) is 0 Å². The van der Waals surface area contributed by atoms with Gasteiger partial charge in [-0.05, 0) is 17.7 Å². The smallest absolute Gasteiger partial charge is 0.293 e. The van der Waals surface area contributed by atoms with Gasteiger partial charge in [0.1, 0.15) is 12.4 Å². The number of carbonyl (C=O) groups excluding carboxylic acids is 1. The molecule has 0 spiro atoms. The normalized spacial score (nSPS) is 8.71. The summed E-state index contributed by atoms with van der Waals surface area (Å²) in [6, 6.07) is 18.3. The molecule has 2 aromatic rings. The first-order valence-electron chi connectivity index (χ1n) is 5.16. The Hall–Kier alpha value is -2.29. The summed E-state index contributed by atoms with van der Waals surface area (Å²) in [6.45, 7) is 0.817. The molecule has 0 unspecified atom stereocenters. The molecule has 3 heteroatoms. The summed E-state index contributed by atoms with van der Waals surface area (Å²) >= 11 is 0. The Kier molecular flexibility index (Phi) is 5.96. The molecule has 0 atom stereocenters. The summed E-state index contributed by atoms with van der Waals surface area (Å²) in [5.41, 5.74) is 1.01. The van der Waals surface area contributed by atoms with E-state index >= 15 is 0 Å². The monoisotopic (exact) mass is 230 g/mol. The molecular formula is C14H14O3. The lowest BCUT2D eigenvalue weighted by Crippen LogP contribution is -1.88. The number of para-hydroxylation sites is 1. The number of hydrogen-bond donors (Lipinski definition) is 1. The molecular weight excluding hydrogens is 216 g/mol. The summed E-state index contributed by atoms with van der Waals surface area (Å²) in [5.74, 6) is 0.322. The topological polar surface area (TPSA) is 46.5 Å². The van der Waals surface area contributed by atoms with Gasteiger partial charge >= 0.3 is 0 Å². The molecule has 0 aliphatic rings. The van der Waals surface area contributed by atoms with E-state index in [1.165, 1.54) is 0 Å². The zero-order valence-electron chi connectivity index (χ0n) is 9.32. The zero-order valence-corrected chi connectivity index (χ0v) is 9.32. The van der Waals surface area contributed by atoms with Crippen LogP contribution in [0.5, 0.6) is 5.75 Å². The predicted octanol–water partition coefficient (Wildman–Crippen LogP) is 2.75. The Bertz CT molecular complexity index is 412. The van der Waals surface area contributed by atoms with Gasteiger partial charge in [-0.3, -0.25) is 4.79 Å². The van der Waals surface area contributed by atoms with E-state index in [-0.39, 0.29) is 0 Å². The van der Waals surface area contributed by atoms with Crippen molar-refractivity contribution >= 4 is 6.47 Å². The molecule has 1 N–H and O–H groups in total. The molecule has 2 aromatic carbocycles. The van der Waals surface area contributed by atoms with Crippen LogP contribution in [0.25, 0.3) is 0 Å². The molecule has 17 heavy (non-hydrogen) atoms. The van der Waals surface area contributed by atoms with Gasteiger partial charge in [0.05, 0.1) is 0 Å². The van der Waals surface area contributed by atoms with Gasteiger partial charge < -0.3 is 9.84 Å². The van der Waals surface area contributed by atoms with E-state index in [1.807, 2.05) is 36.4 Å². The quantitative estimate of drug-likeness (QED) is 0.825. The standard InChI is InChI=1S/C8H8O2.C6H6O/c9-7-10-6-8-4-2-1-3-5-8;7-6-4-2-1-3-5-6/h1-5,7H,6H2;1-5,7H. The van der Waals surface area contributed by atoms with Gasteiger partial charge in [0.25, 0.3) is 6.47 Å². The Morgan fingerprint density at radius 3 is 1.88 bits per heavy atom. The Balaban J connectivity index is 0.000000181. The largest absolute Gasteiger partial charge is 0.508 e. The number of ether oxygens (including phenoxy) is 1. The van der Waals surface area contributed by atoms with Crippen LogP contribution in [-0.4, -0.2) is 11.6 Å². The Morgan fingerprint density at radius 2 is 1.47 bits per heavy atom. The van der Waals surface area contributed by atoms with Crippen LogP contribution in [0.4, 0.5) is 0 Å². The lowest BCUT2D eigenvalue weighted by atomic mass is 10.2. The van der Waals surface area contributed by atoms with Crippen molar-refractivity contribution in [2.45, 2.75) is 6.61 Å². The fourth-order valence-corrected chi connectivity index (χ4v) is 1.13. The highest BCUT2D eigenvalue weighted by Crippen LogP contribution is 2.02. The van der Waals surface area contributed by atoms with Crippen molar-refractivity contribution in [1.29, 1.82) is 0 Å². The van der Waals surface area contributed by atoms with E-state index in [0.717, 1.165) is 5.56 Å². The van der Waals surface area contributed by atoms with Crippen molar-refractivity contribution in [3.05, 3.63) is 66.2 Å². The molecule has 3 nitrogen and oxygen atoms in total. The van der Waals surface area contributed by atoms with Crippen molar-refractivity contribution in [3.8, 4) is 5.75 Å². The van der Waals surface area contributed by atoms with Crippen LogP contribution in [0.2, 0.25) is 0 Å². The minimum atomic E-state index is 0.322. The van der Waals surface area contributed by atoms with Gasteiger partial charge in [-0.15, -0.1) is 0 Å². The molecule has 0 aliphatic carbocycles. The third-order valence-electron chi connectivity index (χ3n) is 1.92. The molecule has 0 saturated carbocycles. The van der Waals surface area contributed by atoms with Crippen molar-refractivity contribution in [1.82, 2.24) is 0 Å². The van der Waals surface area contributed by atoms with Gasteiger partial charge in [0, 0.05) is 0 Å². The molecule has 0 aliphatic heterocycles. The van der Waals surface area contributed by atoms with Crippen LogP contribution in [0.1, 0.15) is 5.56 Å². The maximum Gasteiger partial charge on any atom is 0.293 e. The molecule has 2 rings (SSSR count). The number of rotatable bonds is 3. The summed E-state index contributed by atoms with van der Waals surface area (Å²) in [5, 5.41) is 8.63. The summed E-state index contributed by atoms with van der Waals surface area (Å²) in [7, 11) is 0. The van der Waals surface area contributed by atoms with E-state index in [9.17, 15) is 4.79 Å². The molecule has 0 heterocycles. The van der Waals surface area contributed by atoms with Crippen LogP contribution < -0.4 is 0 Å². The first-order chi connectivity index (χ1) is 8.33. The molecule has 0 amide bonds. The van der Waals surface area contributed by atoms with Crippen molar-refractivity contribution < 1.29 is 14.6 Å². The minimum absolute atomic E-state index is 0.322. The lowest BCUT2D eigenvalue weighted by Gasteiger charge is -1.95. The van der Waals surface area contributed by atoms with Crippen molar-refractivity contribution in [3.63, 3.8) is 0 Å². The highest BCUT2D eigenvalue weighted by atomic mass is 16.5. The lowest BCUT2D eigenvalue weighted by molar-refractivity contribution is -0.129. The first-order valence-corrected chi connectivity index (χ1v) is 5.16. The Labute approximate surface area is 100 Å². The van der Waals surface area contributed by atoms with E-state index in [1.54, 1.807) is 24.3 Å². The highest BCUT2D eigenvalue weighted by molar-refractivity contribution is 5.37. The number of aromatic hydroxyl groups is 1. The minimum Gasteiger partial charge on any atom is -0.508 e. The molecule has 0 aromatic heterocycles. The first kappa shape index (κ1) is 12.8. The second kappa shape index (κ2) is 7.93. The van der Waals surface area contributed by atoms with E-state index in [0.29, 0.717) is 18.8 Å².